The minimum atomic E-state index is -0.775. The first-order valence-electron chi connectivity index (χ1n) is 5.13. The minimum Gasteiger partial charge on any atom is -0.309 e. The molecular weight excluding hydrogens is 246 g/mol. The van der Waals surface area contributed by atoms with E-state index in [1.54, 1.807) is 10.9 Å². The predicted molar refractivity (Wildman–Crippen MR) is 68.2 cm³/mol. The molecule has 0 spiro atoms. The van der Waals surface area contributed by atoms with Gasteiger partial charge in [-0.2, -0.15) is 5.10 Å². The average Bonchev–Trinajstić information content (AvgIpc) is 2.38. The molecule has 0 aromatic carbocycles. The van der Waals surface area contributed by atoms with Crippen LogP contribution in [0, 0.1) is 6.92 Å². The number of hydrogen-bond acceptors (Lipinski definition) is 3. The summed E-state index contributed by atoms with van der Waals surface area (Å²) in [7, 11) is 1.05. The lowest BCUT2D eigenvalue weighted by Gasteiger charge is -2.11. The summed E-state index contributed by atoms with van der Waals surface area (Å²) in [4.78, 5) is 0. The van der Waals surface area contributed by atoms with Crippen LogP contribution >= 0.6 is 11.6 Å². The molecule has 16 heavy (non-hydrogen) atoms. The van der Waals surface area contributed by atoms with Gasteiger partial charge in [0.05, 0.1) is 5.69 Å². The van der Waals surface area contributed by atoms with Gasteiger partial charge in [0, 0.05) is 48.0 Å². The molecule has 2 unspecified atom stereocenters. The third-order valence-corrected chi connectivity index (χ3v) is 3.82. The summed E-state index contributed by atoms with van der Waals surface area (Å²) in [6, 6.07) is 0.210. The van der Waals surface area contributed by atoms with Crippen LogP contribution in [-0.2, 0) is 24.4 Å². The number of halogens is 1. The fourth-order valence-corrected chi connectivity index (χ4v) is 2.63. The van der Waals surface area contributed by atoms with Crippen molar-refractivity contribution in [3.63, 3.8) is 0 Å². The van der Waals surface area contributed by atoms with Gasteiger partial charge < -0.3 is 5.32 Å². The van der Waals surface area contributed by atoms with Crippen LogP contribution < -0.4 is 5.32 Å². The van der Waals surface area contributed by atoms with Crippen LogP contribution in [0.5, 0.6) is 0 Å². The molecule has 0 saturated carbocycles. The van der Waals surface area contributed by atoms with Gasteiger partial charge in [0.25, 0.3) is 0 Å². The van der Waals surface area contributed by atoms with Crippen molar-refractivity contribution in [2.45, 2.75) is 26.4 Å². The number of rotatable bonds is 5. The van der Waals surface area contributed by atoms with Crippen LogP contribution in [-0.4, -0.2) is 32.0 Å². The van der Waals surface area contributed by atoms with Crippen LogP contribution in [0.1, 0.15) is 18.2 Å². The molecule has 4 nitrogen and oxygen atoms in total. The summed E-state index contributed by atoms with van der Waals surface area (Å²) < 4.78 is 12.7. The number of aromatic nitrogens is 2. The Morgan fingerprint density at radius 3 is 2.69 bits per heavy atom. The summed E-state index contributed by atoms with van der Waals surface area (Å²) in [5, 5.41) is 8.19. The molecule has 2 atom stereocenters. The Balaban J connectivity index is 2.57. The van der Waals surface area contributed by atoms with Gasteiger partial charge in [-0.05, 0) is 13.8 Å². The zero-order valence-corrected chi connectivity index (χ0v) is 11.7. The van der Waals surface area contributed by atoms with Gasteiger partial charge in [-0.1, -0.05) is 11.6 Å². The molecule has 0 aliphatic heterocycles. The molecule has 0 radical (unpaired) electrons. The van der Waals surface area contributed by atoms with Crippen molar-refractivity contribution in [2.24, 2.45) is 7.05 Å². The summed E-state index contributed by atoms with van der Waals surface area (Å²) >= 11 is 6.10. The monoisotopic (exact) mass is 263 g/mol. The second-order valence-corrected chi connectivity index (χ2v) is 5.84. The molecule has 0 fully saturated rings. The molecule has 0 bridgehead atoms. The van der Waals surface area contributed by atoms with Crippen LogP contribution in [0.25, 0.3) is 0 Å². The summed E-state index contributed by atoms with van der Waals surface area (Å²) in [5.41, 5.74) is 1.95. The van der Waals surface area contributed by atoms with Gasteiger partial charge in [-0.25, -0.2) is 0 Å². The van der Waals surface area contributed by atoms with E-state index in [-0.39, 0.29) is 6.04 Å². The normalized spacial score (nSPS) is 15.1. The fraction of sp³-hybridized carbons (Fsp3) is 0.700. The number of nitrogens with zero attached hydrogens (tertiary/aromatic N) is 2. The standard InChI is InChI=1S/C10H18ClN3OS/c1-7(6-16(4)15)12-5-9-8(2)13-14(3)10(9)11/h7,12H,5-6H2,1-4H3. The Morgan fingerprint density at radius 1 is 1.62 bits per heavy atom. The second kappa shape index (κ2) is 5.80. The highest BCUT2D eigenvalue weighted by Crippen LogP contribution is 2.18. The zero-order chi connectivity index (χ0) is 12.3. The largest absolute Gasteiger partial charge is 0.309 e. The molecule has 6 heteroatoms. The molecule has 92 valence electrons. The van der Waals surface area contributed by atoms with Gasteiger partial charge >= 0.3 is 0 Å². The highest BCUT2D eigenvalue weighted by Gasteiger charge is 2.12. The van der Waals surface area contributed by atoms with E-state index in [0.717, 1.165) is 11.3 Å². The number of aryl methyl sites for hydroxylation is 2. The van der Waals surface area contributed by atoms with Crippen LogP contribution in [0.4, 0.5) is 0 Å². The molecule has 0 aliphatic rings. The van der Waals surface area contributed by atoms with E-state index >= 15 is 0 Å². The fourth-order valence-electron chi connectivity index (χ4n) is 1.56. The van der Waals surface area contributed by atoms with Crippen LogP contribution in [0.3, 0.4) is 0 Å². The topological polar surface area (TPSA) is 46.9 Å². The van der Waals surface area contributed by atoms with Gasteiger partial charge in [0.15, 0.2) is 0 Å². The SMILES string of the molecule is Cc1nn(C)c(Cl)c1CNC(C)CS(C)=O. The first-order chi connectivity index (χ1) is 7.41. The van der Waals surface area contributed by atoms with Gasteiger partial charge in [-0.15, -0.1) is 0 Å². The Morgan fingerprint density at radius 2 is 2.25 bits per heavy atom. The van der Waals surface area contributed by atoms with Crippen molar-refractivity contribution in [3.05, 3.63) is 16.4 Å². The molecule has 1 aromatic heterocycles. The molecular formula is C10H18ClN3OS. The average molecular weight is 264 g/mol. The molecule has 1 aromatic rings. The third kappa shape index (κ3) is 3.57. The van der Waals surface area contributed by atoms with Gasteiger partial charge in [-0.3, -0.25) is 8.89 Å². The summed E-state index contributed by atoms with van der Waals surface area (Å²) in [6.07, 6.45) is 1.71. The zero-order valence-electron chi connectivity index (χ0n) is 10.1. The third-order valence-electron chi connectivity index (χ3n) is 2.38. The lowest BCUT2D eigenvalue weighted by Crippen LogP contribution is -2.30. The van der Waals surface area contributed by atoms with E-state index in [2.05, 4.69) is 10.4 Å². The van der Waals surface area contributed by atoms with Gasteiger partial charge in [0.1, 0.15) is 5.15 Å². The maximum atomic E-state index is 11.0. The van der Waals surface area contributed by atoms with E-state index in [1.165, 1.54) is 0 Å². The first-order valence-corrected chi connectivity index (χ1v) is 7.23. The molecule has 1 rings (SSSR count). The van der Waals surface area contributed by atoms with Crippen LogP contribution in [0.2, 0.25) is 5.15 Å². The molecule has 1 N–H and O–H groups in total. The molecule has 0 aliphatic carbocycles. The van der Waals surface area contributed by atoms with Crippen LogP contribution in [0.15, 0.2) is 0 Å². The Bertz CT molecular complexity index is 392. The minimum absolute atomic E-state index is 0.210. The van der Waals surface area contributed by atoms with E-state index in [9.17, 15) is 4.21 Å². The smallest absolute Gasteiger partial charge is 0.131 e. The Kier molecular flexibility index (Phi) is 4.95. The Hall–Kier alpha value is -0.390. The number of hydrogen-bond donors (Lipinski definition) is 1. The first kappa shape index (κ1) is 13.7. The maximum absolute atomic E-state index is 11.0. The Labute approximate surface area is 104 Å². The van der Waals surface area contributed by atoms with Crippen molar-refractivity contribution in [3.8, 4) is 0 Å². The molecule has 0 amide bonds. The molecule has 1 heterocycles. The predicted octanol–water partition coefficient (Wildman–Crippen LogP) is 1.24. The van der Waals surface area contributed by atoms with Crippen molar-refractivity contribution in [1.29, 1.82) is 0 Å². The van der Waals surface area contributed by atoms with E-state index in [0.29, 0.717) is 17.5 Å². The lowest BCUT2D eigenvalue weighted by molar-refractivity contribution is 0.586. The highest BCUT2D eigenvalue weighted by molar-refractivity contribution is 7.84. The quantitative estimate of drug-likeness (QED) is 0.870. The van der Waals surface area contributed by atoms with Crippen molar-refractivity contribution in [2.75, 3.05) is 12.0 Å². The van der Waals surface area contributed by atoms with Crippen molar-refractivity contribution < 1.29 is 4.21 Å². The molecule has 0 saturated heterocycles. The summed E-state index contributed by atoms with van der Waals surface area (Å²) in [5.74, 6) is 0.650. The van der Waals surface area contributed by atoms with E-state index in [1.807, 2.05) is 20.9 Å². The highest BCUT2D eigenvalue weighted by atomic mass is 35.5. The summed E-state index contributed by atoms with van der Waals surface area (Å²) in [6.45, 7) is 4.61. The van der Waals surface area contributed by atoms with Gasteiger partial charge in [0.2, 0.25) is 0 Å². The second-order valence-electron chi connectivity index (χ2n) is 4.00. The van der Waals surface area contributed by atoms with Crippen molar-refractivity contribution in [1.82, 2.24) is 15.1 Å². The van der Waals surface area contributed by atoms with E-state index in [4.69, 9.17) is 11.6 Å². The number of nitrogens with one attached hydrogen (secondary N) is 1. The van der Waals surface area contributed by atoms with E-state index < -0.39 is 10.8 Å². The lowest BCUT2D eigenvalue weighted by atomic mass is 10.2. The maximum Gasteiger partial charge on any atom is 0.131 e. The van der Waals surface area contributed by atoms with Crippen molar-refractivity contribution >= 4 is 22.4 Å².